The fourth-order valence-corrected chi connectivity index (χ4v) is 1.86. The van der Waals surface area contributed by atoms with E-state index in [9.17, 15) is 4.79 Å². The maximum absolute atomic E-state index is 9.84. The molecule has 178 valence electrons. The molecule has 0 heterocycles. The van der Waals surface area contributed by atoms with E-state index in [0.717, 1.165) is 11.8 Å². The molecule has 31 heavy (non-hydrogen) atoms. The van der Waals surface area contributed by atoms with E-state index in [-0.39, 0.29) is 6.61 Å². The van der Waals surface area contributed by atoms with Crippen LogP contribution in [-0.2, 0) is 33.2 Å². The number of carbonyl (C=O) groups excluding carboxylic acids is 1. The Hall–Kier alpha value is -2.01. The van der Waals surface area contributed by atoms with Crippen LogP contribution in [0.2, 0.25) is 0 Å². The lowest BCUT2D eigenvalue weighted by Crippen LogP contribution is -2.14. The topological polar surface area (TPSA) is 102 Å². The van der Waals surface area contributed by atoms with Crippen molar-refractivity contribution in [3.8, 4) is 5.75 Å². The van der Waals surface area contributed by atoms with Crippen LogP contribution in [0.4, 0.5) is 0 Å². The summed E-state index contributed by atoms with van der Waals surface area (Å²) in [5.41, 5.74) is 0. The summed E-state index contributed by atoms with van der Waals surface area (Å²) in [6, 6.07) is 9.66. The van der Waals surface area contributed by atoms with Crippen molar-refractivity contribution in [1.29, 1.82) is 0 Å². The van der Waals surface area contributed by atoms with Crippen molar-refractivity contribution in [2.24, 2.45) is 0 Å². The van der Waals surface area contributed by atoms with Crippen molar-refractivity contribution in [3.05, 3.63) is 43.0 Å². The number of hydrogen-bond donors (Lipinski definition) is 1. The van der Waals surface area contributed by atoms with Gasteiger partial charge in [0.1, 0.15) is 12.4 Å². The van der Waals surface area contributed by atoms with E-state index in [2.05, 4.69) is 11.3 Å². The molecule has 1 aromatic rings. The van der Waals surface area contributed by atoms with Crippen LogP contribution in [0.1, 0.15) is 0 Å². The highest BCUT2D eigenvalue weighted by Gasteiger charge is 1.94. The predicted molar refractivity (Wildman–Crippen MR) is 115 cm³/mol. The minimum Gasteiger partial charge on any atom is -0.491 e. The minimum atomic E-state index is -0.394. The quantitative estimate of drug-likeness (QED) is 0.193. The summed E-state index contributed by atoms with van der Waals surface area (Å²) < 4.78 is 36.2. The number of carbonyl (C=O) groups is 1. The molecule has 0 radical (unpaired) electrons. The third-order valence-electron chi connectivity index (χ3n) is 3.33. The second-order valence-electron chi connectivity index (χ2n) is 5.67. The molecule has 9 heteroatoms. The fraction of sp³-hybridized carbons (Fsp3) is 0.591. The predicted octanol–water partition coefficient (Wildman–Crippen LogP) is 1.49. The molecule has 1 N–H and O–H groups in total. The van der Waals surface area contributed by atoms with Crippen LogP contribution in [0.15, 0.2) is 43.0 Å². The molecular formula is C22H36O9. The van der Waals surface area contributed by atoms with Crippen LogP contribution in [0, 0.1) is 0 Å². The summed E-state index contributed by atoms with van der Waals surface area (Å²) in [6.07, 6.45) is 1.11. The summed E-state index contributed by atoms with van der Waals surface area (Å²) in [7, 11) is 1.31. The van der Waals surface area contributed by atoms with Crippen LogP contribution in [0.25, 0.3) is 0 Å². The second kappa shape index (κ2) is 24.3. The largest absolute Gasteiger partial charge is 0.491 e. The van der Waals surface area contributed by atoms with Crippen molar-refractivity contribution >= 4 is 5.97 Å². The van der Waals surface area contributed by atoms with Gasteiger partial charge < -0.3 is 38.3 Å². The molecule has 0 saturated carbocycles. The number of ether oxygens (including phenoxy) is 7. The SMILES string of the molecule is C=CC(=O)OC.OCCOCCOCCOCCOCCOCCOc1ccccc1. The number of esters is 1. The van der Waals surface area contributed by atoms with Crippen LogP contribution in [0.5, 0.6) is 5.75 Å². The summed E-state index contributed by atoms with van der Waals surface area (Å²) in [5, 5.41) is 8.51. The Labute approximate surface area is 184 Å². The van der Waals surface area contributed by atoms with E-state index in [4.69, 9.17) is 33.5 Å². The zero-order valence-electron chi connectivity index (χ0n) is 18.4. The number of aliphatic hydroxyl groups is 1. The van der Waals surface area contributed by atoms with Gasteiger partial charge in [-0.2, -0.15) is 0 Å². The highest BCUT2D eigenvalue weighted by Crippen LogP contribution is 2.07. The van der Waals surface area contributed by atoms with Gasteiger partial charge in [-0.1, -0.05) is 24.8 Å². The lowest BCUT2D eigenvalue weighted by Gasteiger charge is -2.08. The molecule has 0 amide bonds. The Balaban J connectivity index is 0.00000131. The zero-order chi connectivity index (χ0) is 22.8. The Kier molecular flexibility index (Phi) is 22.7. The van der Waals surface area contributed by atoms with E-state index in [1.54, 1.807) is 0 Å². The van der Waals surface area contributed by atoms with Crippen molar-refractivity contribution < 1.29 is 43.1 Å². The number of aliphatic hydroxyl groups excluding tert-OH is 1. The van der Waals surface area contributed by atoms with Gasteiger partial charge in [-0.3, -0.25) is 0 Å². The van der Waals surface area contributed by atoms with Gasteiger partial charge in [-0.15, -0.1) is 0 Å². The van der Waals surface area contributed by atoms with Gasteiger partial charge >= 0.3 is 5.97 Å². The molecule has 0 unspecified atom stereocenters. The van der Waals surface area contributed by atoms with Crippen molar-refractivity contribution in [3.63, 3.8) is 0 Å². The number of rotatable bonds is 19. The second-order valence-corrected chi connectivity index (χ2v) is 5.67. The average molecular weight is 445 g/mol. The van der Waals surface area contributed by atoms with Crippen LogP contribution >= 0.6 is 0 Å². The van der Waals surface area contributed by atoms with Gasteiger partial charge in [-0.25, -0.2) is 4.79 Å². The Bertz CT molecular complexity index is 511. The molecule has 1 rings (SSSR count). The maximum Gasteiger partial charge on any atom is 0.329 e. The molecule has 9 nitrogen and oxygen atoms in total. The third-order valence-corrected chi connectivity index (χ3v) is 3.33. The van der Waals surface area contributed by atoms with Gasteiger partial charge in [0, 0.05) is 6.08 Å². The number of para-hydroxylation sites is 1. The Morgan fingerprint density at radius 3 is 1.55 bits per heavy atom. The molecule has 0 fully saturated rings. The van der Waals surface area contributed by atoms with E-state index in [0.29, 0.717) is 72.7 Å². The van der Waals surface area contributed by atoms with E-state index < -0.39 is 5.97 Å². The molecule has 0 bridgehead atoms. The molecule has 0 saturated heterocycles. The molecule has 0 aromatic heterocycles. The summed E-state index contributed by atoms with van der Waals surface area (Å²) in [6.45, 7) is 8.77. The first-order valence-electron chi connectivity index (χ1n) is 10.1. The monoisotopic (exact) mass is 444 g/mol. The molecule has 0 atom stereocenters. The highest BCUT2D eigenvalue weighted by molar-refractivity contribution is 5.80. The maximum atomic E-state index is 9.84. The molecule has 0 spiro atoms. The molecule has 0 aliphatic rings. The van der Waals surface area contributed by atoms with Crippen LogP contribution in [0.3, 0.4) is 0 Å². The molecule has 0 aliphatic carbocycles. The van der Waals surface area contributed by atoms with Crippen molar-refractivity contribution in [2.45, 2.75) is 0 Å². The number of benzene rings is 1. The van der Waals surface area contributed by atoms with E-state index >= 15 is 0 Å². The summed E-state index contributed by atoms with van der Waals surface area (Å²) in [5.74, 6) is 0.455. The Morgan fingerprint density at radius 1 is 0.774 bits per heavy atom. The van der Waals surface area contributed by atoms with Gasteiger partial charge in [0.25, 0.3) is 0 Å². The standard InChI is InChI=1S/C18H30O7.C4H6O2/c19-6-7-20-8-9-21-10-11-22-12-13-23-14-15-24-16-17-25-18-4-2-1-3-5-18;1-3-4(5)6-2/h1-5,19H,6-17H2;3H,1H2,2H3. The van der Waals surface area contributed by atoms with Gasteiger partial charge in [0.2, 0.25) is 0 Å². The number of hydrogen-bond acceptors (Lipinski definition) is 9. The fourth-order valence-electron chi connectivity index (χ4n) is 1.86. The van der Waals surface area contributed by atoms with Gasteiger partial charge in [0.15, 0.2) is 0 Å². The average Bonchev–Trinajstić information content (AvgIpc) is 2.81. The number of methoxy groups -OCH3 is 1. The first kappa shape index (κ1) is 29.0. The molecule has 0 aliphatic heterocycles. The van der Waals surface area contributed by atoms with Crippen LogP contribution < -0.4 is 4.74 Å². The van der Waals surface area contributed by atoms with Crippen LogP contribution in [-0.4, -0.2) is 97.5 Å². The third kappa shape index (κ3) is 22.5. The summed E-state index contributed by atoms with van der Waals surface area (Å²) >= 11 is 0. The Morgan fingerprint density at radius 2 is 1.19 bits per heavy atom. The van der Waals surface area contributed by atoms with Crippen molar-refractivity contribution in [2.75, 3.05) is 86.4 Å². The highest BCUT2D eigenvalue weighted by atomic mass is 16.6. The normalized spacial score (nSPS) is 10.1. The smallest absolute Gasteiger partial charge is 0.329 e. The first-order valence-corrected chi connectivity index (χ1v) is 10.1. The summed E-state index contributed by atoms with van der Waals surface area (Å²) in [4.78, 5) is 9.84. The molecular weight excluding hydrogens is 408 g/mol. The first-order chi connectivity index (χ1) is 15.2. The minimum absolute atomic E-state index is 0.0373. The lowest BCUT2D eigenvalue weighted by molar-refractivity contribution is -0.134. The van der Waals surface area contributed by atoms with Gasteiger partial charge in [-0.05, 0) is 12.1 Å². The lowest BCUT2D eigenvalue weighted by atomic mass is 10.3. The van der Waals surface area contributed by atoms with Gasteiger partial charge in [0.05, 0.1) is 79.8 Å². The van der Waals surface area contributed by atoms with E-state index in [1.807, 2.05) is 30.3 Å². The van der Waals surface area contributed by atoms with Crippen molar-refractivity contribution in [1.82, 2.24) is 0 Å². The van der Waals surface area contributed by atoms with E-state index in [1.165, 1.54) is 7.11 Å². The molecule has 1 aromatic carbocycles. The zero-order valence-corrected chi connectivity index (χ0v) is 18.4.